The highest BCUT2D eigenvalue weighted by Crippen LogP contribution is 2.28. The molecule has 1 heterocycles. The van der Waals surface area contributed by atoms with E-state index in [1.165, 1.54) is 24.3 Å². The lowest BCUT2D eigenvalue weighted by molar-refractivity contribution is -0.119. The number of carbonyl (C=O) groups excluding carboxylic acids is 2. The molecule has 2 amide bonds. The molecule has 3 rings (SSSR count). The summed E-state index contributed by atoms with van der Waals surface area (Å²) in [5.74, 6) is -0.856. The van der Waals surface area contributed by atoms with Crippen LogP contribution < -0.4 is 14.4 Å². The standard InChI is InChI=1S/C19H20N2O5S/c1-3-26-17-10-6-15(7-11-17)20-18(22)14-4-8-16(9-5-14)21-19(23)13(2)12-27(21,24)25/h4-11,13H,3,12H2,1-2H3,(H,20,22)/t13-/m0/s1. The molecule has 0 radical (unpaired) electrons. The van der Waals surface area contributed by atoms with Crippen LogP contribution in [0.2, 0.25) is 0 Å². The summed E-state index contributed by atoms with van der Waals surface area (Å²) in [7, 11) is -3.66. The fourth-order valence-corrected chi connectivity index (χ4v) is 4.66. The van der Waals surface area contributed by atoms with Gasteiger partial charge in [-0.25, -0.2) is 12.7 Å². The summed E-state index contributed by atoms with van der Waals surface area (Å²) >= 11 is 0. The highest BCUT2D eigenvalue weighted by atomic mass is 32.2. The predicted molar refractivity (Wildman–Crippen MR) is 102 cm³/mol. The van der Waals surface area contributed by atoms with Gasteiger partial charge in [-0.05, 0) is 55.5 Å². The third-order valence-electron chi connectivity index (χ3n) is 4.15. The fraction of sp³-hybridized carbons (Fsp3) is 0.263. The van der Waals surface area contributed by atoms with E-state index in [-0.39, 0.29) is 17.3 Å². The van der Waals surface area contributed by atoms with Crippen LogP contribution in [-0.4, -0.2) is 32.6 Å². The van der Waals surface area contributed by atoms with E-state index in [0.29, 0.717) is 23.6 Å². The Hall–Kier alpha value is -2.87. The molecule has 0 aromatic heterocycles. The predicted octanol–water partition coefficient (Wildman–Crippen LogP) is 2.65. The Morgan fingerprint density at radius 2 is 1.78 bits per heavy atom. The maximum Gasteiger partial charge on any atom is 0.255 e. The average Bonchev–Trinajstić information content (AvgIpc) is 2.84. The zero-order valence-corrected chi connectivity index (χ0v) is 15.8. The molecular weight excluding hydrogens is 368 g/mol. The Morgan fingerprint density at radius 1 is 1.15 bits per heavy atom. The summed E-state index contributed by atoms with van der Waals surface area (Å²) in [6.45, 7) is 4.03. The smallest absolute Gasteiger partial charge is 0.255 e. The molecule has 0 aliphatic carbocycles. The zero-order valence-electron chi connectivity index (χ0n) is 15.0. The molecule has 0 spiro atoms. The van der Waals surface area contributed by atoms with Gasteiger partial charge in [0, 0.05) is 11.3 Å². The van der Waals surface area contributed by atoms with E-state index in [2.05, 4.69) is 5.32 Å². The second-order valence-electron chi connectivity index (χ2n) is 6.24. The molecule has 1 aliphatic heterocycles. The van der Waals surface area contributed by atoms with Gasteiger partial charge in [0.2, 0.25) is 15.9 Å². The van der Waals surface area contributed by atoms with Gasteiger partial charge in [-0.3, -0.25) is 9.59 Å². The van der Waals surface area contributed by atoms with Crippen LogP contribution in [0.15, 0.2) is 48.5 Å². The molecule has 142 valence electrons. The molecule has 0 saturated carbocycles. The lowest BCUT2D eigenvalue weighted by Gasteiger charge is -2.15. The van der Waals surface area contributed by atoms with Gasteiger partial charge >= 0.3 is 0 Å². The van der Waals surface area contributed by atoms with Gasteiger partial charge in [0.05, 0.1) is 24.0 Å². The largest absolute Gasteiger partial charge is 0.494 e. The zero-order chi connectivity index (χ0) is 19.6. The SMILES string of the molecule is CCOc1ccc(NC(=O)c2ccc(N3C(=O)[C@@H](C)CS3(=O)=O)cc2)cc1. The Morgan fingerprint density at radius 3 is 2.30 bits per heavy atom. The number of hydrogen-bond acceptors (Lipinski definition) is 5. The first kappa shape index (κ1) is 18.9. The fourth-order valence-electron chi connectivity index (χ4n) is 2.84. The number of sulfonamides is 1. The number of amides is 2. The molecule has 2 aromatic carbocycles. The number of nitrogens with one attached hydrogen (secondary N) is 1. The number of nitrogens with zero attached hydrogens (tertiary/aromatic N) is 1. The van der Waals surface area contributed by atoms with Crippen molar-refractivity contribution in [1.82, 2.24) is 0 Å². The molecule has 7 nitrogen and oxygen atoms in total. The van der Waals surface area contributed by atoms with Crippen LogP contribution in [0.5, 0.6) is 5.75 Å². The number of benzene rings is 2. The molecule has 0 unspecified atom stereocenters. The third-order valence-corrected chi connectivity index (χ3v) is 6.02. The second-order valence-corrected chi connectivity index (χ2v) is 8.10. The summed E-state index contributed by atoms with van der Waals surface area (Å²) in [5.41, 5.74) is 1.20. The monoisotopic (exact) mass is 388 g/mol. The van der Waals surface area contributed by atoms with Crippen molar-refractivity contribution in [3.05, 3.63) is 54.1 Å². The van der Waals surface area contributed by atoms with Crippen LogP contribution in [0.3, 0.4) is 0 Å². The van der Waals surface area contributed by atoms with Crippen molar-refractivity contribution >= 4 is 33.2 Å². The summed E-state index contributed by atoms with van der Waals surface area (Å²) in [6.07, 6.45) is 0. The first-order valence-corrected chi connectivity index (χ1v) is 10.1. The Kier molecular flexibility index (Phi) is 5.18. The van der Waals surface area contributed by atoms with Gasteiger partial charge in [0.1, 0.15) is 5.75 Å². The van der Waals surface area contributed by atoms with Crippen molar-refractivity contribution in [3.63, 3.8) is 0 Å². The molecule has 1 saturated heterocycles. The van der Waals surface area contributed by atoms with Crippen LogP contribution >= 0.6 is 0 Å². The highest BCUT2D eigenvalue weighted by Gasteiger charge is 2.41. The normalized spacial score (nSPS) is 18.4. The van der Waals surface area contributed by atoms with Gasteiger partial charge in [-0.15, -0.1) is 0 Å². The number of ether oxygens (including phenoxy) is 1. The van der Waals surface area contributed by atoms with E-state index in [4.69, 9.17) is 4.74 Å². The summed E-state index contributed by atoms with van der Waals surface area (Å²) in [4.78, 5) is 24.5. The van der Waals surface area contributed by atoms with Crippen molar-refractivity contribution in [2.24, 2.45) is 5.92 Å². The topological polar surface area (TPSA) is 92.8 Å². The van der Waals surface area contributed by atoms with E-state index < -0.39 is 21.8 Å². The summed E-state index contributed by atoms with van der Waals surface area (Å²) in [6, 6.07) is 12.9. The van der Waals surface area contributed by atoms with E-state index in [1.807, 2.05) is 6.92 Å². The third kappa shape index (κ3) is 3.95. The molecule has 27 heavy (non-hydrogen) atoms. The maximum absolute atomic E-state index is 12.4. The second kappa shape index (κ2) is 7.40. The summed E-state index contributed by atoms with van der Waals surface area (Å²) < 4.78 is 30.4. The number of hydrogen-bond donors (Lipinski definition) is 1. The van der Waals surface area contributed by atoms with Crippen molar-refractivity contribution in [2.45, 2.75) is 13.8 Å². The summed E-state index contributed by atoms with van der Waals surface area (Å²) in [5, 5.41) is 2.76. The van der Waals surface area contributed by atoms with Crippen LogP contribution in [0.4, 0.5) is 11.4 Å². The minimum Gasteiger partial charge on any atom is -0.494 e. The molecule has 1 N–H and O–H groups in total. The van der Waals surface area contributed by atoms with Gasteiger partial charge in [0.25, 0.3) is 5.91 Å². The molecule has 2 aromatic rings. The average molecular weight is 388 g/mol. The minimum absolute atomic E-state index is 0.203. The van der Waals surface area contributed by atoms with Crippen molar-refractivity contribution in [2.75, 3.05) is 22.0 Å². The molecular formula is C19H20N2O5S. The van der Waals surface area contributed by atoms with Crippen molar-refractivity contribution in [1.29, 1.82) is 0 Å². The first-order chi connectivity index (χ1) is 12.8. The lowest BCUT2D eigenvalue weighted by atomic mass is 10.1. The van der Waals surface area contributed by atoms with Crippen LogP contribution in [0, 0.1) is 5.92 Å². The van der Waals surface area contributed by atoms with Gasteiger partial charge in [0.15, 0.2) is 0 Å². The van der Waals surface area contributed by atoms with Gasteiger partial charge < -0.3 is 10.1 Å². The van der Waals surface area contributed by atoms with Crippen molar-refractivity contribution < 1.29 is 22.7 Å². The highest BCUT2D eigenvalue weighted by molar-refractivity contribution is 7.94. The molecule has 1 fully saturated rings. The van der Waals surface area contributed by atoms with E-state index in [0.717, 1.165) is 4.31 Å². The number of carbonyl (C=O) groups is 2. The maximum atomic E-state index is 12.4. The minimum atomic E-state index is -3.66. The van der Waals surface area contributed by atoms with Gasteiger partial charge in [-0.1, -0.05) is 6.92 Å². The van der Waals surface area contributed by atoms with E-state index >= 15 is 0 Å². The molecule has 1 atom stereocenters. The van der Waals surface area contributed by atoms with Crippen LogP contribution in [-0.2, 0) is 14.8 Å². The van der Waals surface area contributed by atoms with Crippen LogP contribution in [0.1, 0.15) is 24.2 Å². The van der Waals surface area contributed by atoms with Crippen LogP contribution in [0.25, 0.3) is 0 Å². The molecule has 8 heteroatoms. The van der Waals surface area contributed by atoms with E-state index in [1.54, 1.807) is 31.2 Å². The molecule has 1 aliphatic rings. The first-order valence-electron chi connectivity index (χ1n) is 8.53. The Balaban J connectivity index is 1.73. The Labute approximate surface area is 158 Å². The van der Waals surface area contributed by atoms with Crippen molar-refractivity contribution in [3.8, 4) is 5.75 Å². The number of rotatable bonds is 5. The lowest BCUT2D eigenvalue weighted by Crippen LogP contribution is -2.30. The number of anilines is 2. The molecule has 0 bridgehead atoms. The van der Waals surface area contributed by atoms with Gasteiger partial charge in [-0.2, -0.15) is 0 Å². The van der Waals surface area contributed by atoms with E-state index in [9.17, 15) is 18.0 Å². The Bertz CT molecular complexity index is 953. The quantitative estimate of drug-likeness (QED) is 0.850.